The van der Waals surface area contributed by atoms with Crippen LogP contribution in [-0.4, -0.2) is 36.0 Å². The lowest BCUT2D eigenvalue weighted by Crippen LogP contribution is -2.37. The molecule has 0 aromatic heterocycles. The molecule has 2 N–H and O–H groups in total. The number of ether oxygens (including phenoxy) is 2. The van der Waals surface area contributed by atoms with Gasteiger partial charge < -0.3 is 19.9 Å². The first-order valence-corrected chi connectivity index (χ1v) is 9.47. The second kappa shape index (κ2) is 8.64. The fourth-order valence-corrected chi connectivity index (χ4v) is 3.84. The smallest absolute Gasteiger partial charge is 0.131 e. The first-order chi connectivity index (χ1) is 11.9. The predicted molar refractivity (Wildman–Crippen MR) is 108 cm³/mol. The van der Waals surface area contributed by atoms with Crippen LogP contribution in [0, 0.1) is 0 Å². The van der Waals surface area contributed by atoms with Crippen LogP contribution in [0.15, 0.2) is 23.8 Å². The number of hydrogen-bond acceptors (Lipinski definition) is 4. The molecule has 1 aromatic carbocycles. The third kappa shape index (κ3) is 4.54. The van der Waals surface area contributed by atoms with Crippen molar-refractivity contribution in [3.8, 4) is 11.5 Å². The zero-order valence-corrected chi connectivity index (χ0v) is 17.1. The average molecular weight is 382 g/mol. The molecule has 4 nitrogen and oxygen atoms in total. The fourth-order valence-electron chi connectivity index (χ4n) is 3.84. The van der Waals surface area contributed by atoms with Gasteiger partial charge >= 0.3 is 0 Å². The molecule has 2 atom stereocenters. The Hall–Kier alpha value is -1.23. The van der Waals surface area contributed by atoms with Gasteiger partial charge in [0.05, 0.1) is 11.7 Å². The molecule has 2 unspecified atom stereocenters. The number of hydrogen-bond donors (Lipinski definition) is 2. The molecule has 146 valence electrons. The summed E-state index contributed by atoms with van der Waals surface area (Å²) < 4.78 is 12.5. The standard InChI is InChI=1S/C21H31NO3.ClH/c1-14(22-12-15(2)23)13-24-18-10-7-11-19-20(18)16-8-5-6-9-17(16)21(3,4)25-19;/h7,10-11,14-15,22-23H,5-6,8-9,12-13H2,1-4H3;1H. The van der Waals surface area contributed by atoms with Gasteiger partial charge in [0.25, 0.3) is 0 Å². The van der Waals surface area contributed by atoms with Gasteiger partial charge in [-0.2, -0.15) is 0 Å². The normalized spacial score (nSPS) is 20.2. The van der Waals surface area contributed by atoms with Gasteiger partial charge in [0, 0.05) is 12.6 Å². The van der Waals surface area contributed by atoms with Crippen LogP contribution in [0.3, 0.4) is 0 Å². The van der Waals surface area contributed by atoms with E-state index in [9.17, 15) is 5.11 Å². The molecule has 2 aliphatic rings. The molecule has 1 heterocycles. The van der Waals surface area contributed by atoms with Crippen molar-refractivity contribution in [2.24, 2.45) is 0 Å². The quantitative estimate of drug-likeness (QED) is 0.769. The first-order valence-electron chi connectivity index (χ1n) is 9.47. The van der Waals surface area contributed by atoms with Crippen LogP contribution in [0.1, 0.15) is 58.9 Å². The maximum Gasteiger partial charge on any atom is 0.131 e. The van der Waals surface area contributed by atoms with Crippen molar-refractivity contribution in [3.63, 3.8) is 0 Å². The van der Waals surface area contributed by atoms with Crippen LogP contribution in [0.4, 0.5) is 0 Å². The molecule has 0 fully saturated rings. The van der Waals surface area contributed by atoms with Gasteiger partial charge in [0.2, 0.25) is 0 Å². The third-order valence-corrected chi connectivity index (χ3v) is 5.10. The number of rotatable bonds is 6. The molecule has 0 saturated heterocycles. The molecule has 1 aromatic rings. The maximum atomic E-state index is 9.40. The highest BCUT2D eigenvalue weighted by Gasteiger charge is 2.37. The molecule has 1 aliphatic heterocycles. The summed E-state index contributed by atoms with van der Waals surface area (Å²) in [5, 5.41) is 12.7. The lowest BCUT2D eigenvalue weighted by molar-refractivity contribution is 0.136. The minimum Gasteiger partial charge on any atom is -0.491 e. The highest BCUT2D eigenvalue weighted by molar-refractivity contribution is 5.85. The summed E-state index contributed by atoms with van der Waals surface area (Å²) in [6.45, 7) is 9.34. The fraction of sp³-hybridized carbons (Fsp3) is 0.619. The van der Waals surface area contributed by atoms with Crippen LogP contribution in [0.5, 0.6) is 11.5 Å². The van der Waals surface area contributed by atoms with Crippen molar-refractivity contribution in [1.82, 2.24) is 5.32 Å². The Morgan fingerprint density at radius 1 is 1.23 bits per heavy atom. The average Bonchev–Trinajstić information content (AvgIpc) is 2.57. The van der Waals surface area contributed by atoms with E-state index in [0.29, 0.717) is 13.2 Å². The van der Waals surface area contributed by atoms with Gasteiger partial charge in [-0.1, -0.05) is 6.07 Å². The Morgan fingerprint density at radius 3 is 2.69 bits per heavy atom. The minimum absolute atomic E-state index is 0. The van der Waals surface area contributed by atoms with Crippen molar-refractivity contribution < 1.29 is 14.6 Å². The summed E-state index contributed by atoms with van der Waals surface area (Å²) in [5.41, 5.74) is 3.78. The van der Waals surface area contributed by atoms with Crippen molar-refractivity contribution in [1.29, 1.82) is 0 Å². The Bertz CT molecular complexity index is 655. The van der Waals surface area contributed by atoms with E-state index in [4.69, 9.17) is 9.47 Å². The van der Waals surface area contributed by atoms with E-state index >= 15 is 0 Å². The van der Waals surface area contributed by atoms with Crippen molar-refractivity contribution >= 4 is 18.0 Å². The van der Waals surface area contributed by atoms with Crippen LogP contribution >= 0.6 is 12.4 Å². The second-order valence-corrected chi connectivity index (χ2v) is 7.88. The van der Waals surface area contributed by atoms with E-state index in [0.717, 1.165) is 29.9 Å². The second-order valence-electron chi connectivity index (χ2n) is 7.88. The maximum absolute atomic E-state index is 9.40. The highest BCUT2D eigenvalue weighted by Crippen LogP contribution is 2.50. The zero-order chi connectivity index (χ0) is 18.0. The molecule has 5 heteroatoms. The molecular formula is C21H32ClNO3. The van der Waals surface area contributed by atoms with E-state index in [2.05, 4.69) is 32.2 Å². The Kier molecular flexibility index (Phi) is 7.00. The molecule has 0 saturated carbocycles. The van der Waals surface area contributed by atoms with E-state index in [1.54, 1.807) is 6.92 Å². The third-order valence-electron chi connectivity index (χ3n) is 5.10. The van der Waals surface area contributed by atoms with Gasteiger partial charge in [-0.3, -0.25) is 0 Å². The number of aliphatic hydroxyl groups is 1. The number of halogens is 1. The monoisotopic (exact) mass is 381 g/mol. The van der Waals surface area contributed by atoms with Gasteiger partial charge in [-0.05, 0) is 76.7 Å². The lowest BCUT2D eigenvalue weighted by atomic mass is 9.78. The predicted octanol–water partition coefficient (Wildman–Crippen LogP) is 4.34. The molecule has 26 heavy (non-hydrogen) atoms. The number of allylic oxidation sites excluding steroid dienone is 1. The summed E-state index contributed by atoms with van der Waals surface area (Å²) in [4.78, 5) is 0. The molecule has 0 amide bonds. The zero-order valence-electron chi connectivity index (χ0n) is 16.3. The van der Waals surface area contributed by atoms with Gasteiger partial charge in [0.1, 0.15) is 23.7 Å². The number of nitrogens with one attached hydrogen (secondary N) is 1. The number of fused-ring (bicyclic) bond motifs is 2. The summed E-state index contributed by atoms with van der Waals surface area (Å²) >= 11 is 0. The molecule has 1 aliphatic carbocycles. The van der Waals surface area contributed by atoms with E-state index in [1.165, 1.54) is 24.0 Å². The van der Waals surface area contributed by atoms with E-state index < -0.39 is 0 Å². The molecule has 0 bridgehead atoms. The van der Waals surface area contributed by atoms with Crippen molar-refractivity contribution in [3.05, 3.63) is 29.3 Å². The first kappa shape index (κ1) is 21.1. The number of benzene rings is 1. The lowest BCUT2D eigenvalue weighted by Gasteiger charge is -2.40. The van der Waals surface area contributed by atoms with E-state index in [1.807, 2.05) is 12.1 Å². The van der Waals surface area contributed by atoms with Gasteiger partial charge in [0.15, 0.2) is 0 Å². The van der Waals surface area contributed by atoms with E-state index in [-0.39, 0.29) is 30.2 Å². The summed E-state index contributed by atoms with van der Waals surface area (Å²) in [7, 11) is 0. The van der Waals surface area contributed by atoms with Crippen LogP contribution in [0.25, 0.3) is 5.57 Å². The van der Waals surface area contributed by atoms with Crippen molar-refractivity contribution in [2.75, 3.05) is 13.2 Å². The number of aliphatic hydroxyl groups excluding tert-OH is 1. The van der Waals surface area contributed by atoms with Crippen LogP contribution in [0.2, 0.25) is 0 Å². The largest absolute Gasteiger partial charge is 0.491 e. The molecule has 0 radical (unpaired) electrons. The summed E-state index contributed by atoms with van der Waals surface area (Å²) in [6.07, 6.45) is 4.34. The van der Waals surface area contributed by atoms with Crippen LogP contribution < -0.4 is 14.8 Å². The SMILES string of the molecule is CC(O)CNC(C)COc1cccc2c1C1=C(CCCC1)C(C)(C)O2.Cl. The topological polar surface area (TPSA) is 50.7 Å². The molecule has 3 rings (SSSR count). The molecular weight excluding hydrogens is 350 g/mol. The highest BCUT2D eigenvalue weighted by atomic mass is 35.5. The Balaban J connectivity index is 0.00000243. The Morgan fingerprint density at radius 2 is 1.96 bits per heavy atom. The molecule has 0 spiro atoms. The van der Waals surface area contributed by atoms with Crippen molar-refractivity contribution in [2.45, 2.75) is 71.1 Å². The summed E-state index contributed by atoms with van der Waals surface area (Å²) in [5.74, 6) is 1.85. The minimum atomic E-state index is -0.350. The van der Waals surface area contributed by atoms with Gasteiger partial charge in [-0.25, -0.2) is 0 Å². The summed E-state index contributed by atoms with van der Waals surface area (Å²) in [6, 6.07) is 6.27. The Labute approximate surface area is 163 Å². The van der Waals surface area contributed by atoms with Crippen LogP contribution in [-0.2, 0) is 0 Å². The van der Waals surface area contributed by atoms with Gasteiger partial charge in [-0.15, -0.1) is 12.4 Å².